The number of hydrogen-bond acceptors (Lipinski definition) is 1. The van der Waals surface area contributed by atoms with Crippen molar-refractivity contribution in [3.05, 3.63) is 34.9 Å². The Labute approximate surface area is 118 Å². The van der Waals surface area contributed by atoms with Crippen LogP contribution >= 0.6 is 0 Å². The maximum atomic E-state index is 3.55. The van der Waals surface area contributed by atoms with Crippen molar-refractivity contribution >= 4 is 0 Å². The van der Waals surface area contributed by atoms with Crippen LogP contribution in [0.4, 0.5) is 0 Å². The molecule has 0 bridgehead atoms. The molecule has 1 aromatic rings. The highest BCUT2D eigenvalue weighted by molar-refractivity contribution is 5.35. The molecular formula is C18H29N. The van der Waals surface area contributed by atoms with Gasteiger partial charge in [-0.3, -0.25) is 0 Å². The molecule has 1 atom stereocenters. The molecule has 1 aromatic carbocycles. The van der Waals surface area contributed by atoms with Gasteiger partial charge in [-0.2, -0.15) is 0 Å². The number of rotatable bonds is 7. The monoisotopic (exact) mass is 259 g/mol. The van der Waals surface area contributed by atoms with Gasteiger partial charge in [-0.15, -0.1) is 0 Å². The Hall–Kier alpha value is -0.820. The van der Waals surface area contributed by atoms with E-state index in [-0.39, 0.29) is 0 Å². The summed E-state index contributed by atoms with van der Waals surface area (Å²) < 4.78 is 0. The van der Waals surface area contributed by atoms with Gasteiger partial charge >= 0.3 is 0 Å². The molecule has 1 nitrogen and oxygen atoms in total. The molecule has 0 amide bonds. The maximum Gasteiger partial charge on any atom is 0.000823 e. The van der Waals surface area contributed by atoms with Gasteiger partial charge in [-0.05, 0) is 60.8 Å². The van der Waals surface area contributed by atoms with Crippen LogP contribution in [0.2, 0.25) is 0 Å². The lowest BCUT2D eigenvalue weighted by Crippen LogP contribution is -2.33. The third-order valence-corrected chi connectivity index (χ3v) is 4.45. The molecular weight excluding hydrogens is 230 g/mol. The van der Waals surface area contributed by atoms with Gasteiger partial charge in [0.2, 0.25) is 0 Å². The molecule has 0 aromatic heterocycles. The summed E-state index contributed by atoms with van der Waals surface area (Å²) >= 11 is 0. The summed E-state index contributed by atoms with van der Waals surface area (Å²) in [4.78, 5) is 0. The van der Waals surface area contributed by atoms with Crippen LogP contribution in [0.3, 0.4) is 0 Å². The van der Waals surface area contributed by atoms with Gasteiger partial charge in [0.05, 0.1) is 0 Å². The molecule has 1 unspecified atom stereocenters. The lowest BCUT2D eigenvalue weighted by Gasteiger charge is -2.30. The van der Waals surface area contributed by atoms with E-state index >= 15 is 0 Å². The zero-order chi connectivity index (χ0) is 13.7. The van der Waals surface area contributed by atoms with Gasteiger partial charge in [0.15, 0.2) is 0 Å². The Morgan fingerprint density at radius 1 is 1.16 bits per heavy atom. The summed E-state index contributed by atoms with van der Waals surface area (Å²) in [6, 6.07) is 7.21. The van der Waals surface area contributed by atoms with Crippen molar-refractivity contribution in [1.29, 1.82) is 0 Å². The number of nitrogens with one attached hydrogen (secondary N) is 1. The number of fused-ring (bicyclic) bond motifs is 1. The summed E-state index contributed by atoms with van der Waals surface area (Å²) in [6.07, 6.45) is 7.72. The lowest BCUT2D eigenvalue weighted by molar-refractivity contribution is 0.277. The molecule has 1 N–H and O–H groups in total. The fourth-order valence-corrected chi connectivity index (χ4v) is 3.50. The minimum absolute atomic E-state index is 0.400. The normalized spacial score (nSPS) is 17.2. The number of aryl methyl sites for hydroxylation is 2. The molecule has 1 heteroatoms. The smallest absolute Gasteiger partial charge is 0.000823 e. The Balaban J connectivity index is 2.07. The summed E-state index contributed by atoms with van der Waals surface area (Å²) in [7, 11) is 0. The van der Waals surface area contributed by atoms with Gasteiger partial charge in [0.1, 0.15) is 0 Å². The van der Waals surface area contributed by atoms with Crippen molar-refractivity contribution in [2.45, 2.75) is 59.3 Å². The van der Waals surface area contributed by atoms with Crippen LogP contribution in [-0.2, 0) is 19.3 Å². The van der Waals surface area contributed by atoms with Crippen LogP contribution in [0.25, 0.3) is 0 Å². The molecule has 1 aliphatic carbocycles. The molecule has 1 aliphatic rings. The molecule has 2 rings (SSSR count). The van der Waals surface area contributed by atoms with Crippen LogP contribution in [-0.4, -0.2) is 13.1 Å². The standard InChI is InChI=1S/C18H29N/c1-4-11-18(3,14-19-5-2)13-15-9-10-16-7-6-8-17(16)12-15/h9-10,12,19H,4-8,11,13-14H2,1-3H3. The van der Waals surface area contributed by atoms with Gasteiger partial charge in [0, 0.05) is 6.54 Å². The van der Waals surface area contributed by atoms with Crippen LogP contribution in [0.1, 0.15) is 56.7 Å². The first-order valence-corrected chi connectivity index (χ1v) is 7.98. The van der Waals surface area contributed by atoms with E-state index in [2.05, 4.69) is 44.3 Å². The van der Waals surface area contributed by atoms with Crippen LogP contribution < -0.4 is 5.32 Å². The fraction of sp³-hybridized carbons (Fsp3) is 0.667. The lowest BCUT2D eigenvalue weighted by atomic mass is 9.79. The SMILES string of the molecule is CCCC(C)(CNCC)Cc1ccc2c(c1)CCC2. The summed E-state index contributed by atoms with van der Waals surface area (Å²) in [6.45, 7) is 9.14. The Bertz CT molecular complexity index is 410. The summed E-state index contributed by atoms with van der Waals surface area (Å²) in [5.74, 6) is 0. The van der Waals surface area contributed by atoms with Crippen LogP contribution in [0.5, 0.6) is 0 Å². The molecule has 0 radical (unpaired) electrons. The molecule has 0 saturated heterocycles. The van der Waals surface area contributed by atoms with Crippen molar-refractivity contribution < 1.29 is 0 Å². The minimum atomic E-state index is 0.400. The topological polar surface area (TPSA) is 12.0 Å². The first kappa shape index (κ1) is 14.6. The molecule has 0 saturated carbocycles. The van der Waals surface area contributed by atoms with Crippen molar-refractivity contribution in [3.8, 4) is 0 Å². The first-order valence-electron chi connectivity index (χ1n) is 7.98. The van der Waals surface area contributed by atoms with E-state index in [0.717, 1.165) is 13.1 Å². The van der Waals surface area contributed by atoms with Gasteiger partial charge in [-0.25, -0.2) is 0 Å². The van der Waals surface area contributed by atoms with E-state index in [0.29, 0.717) is 5.41 Å². The highest BCUT2D eigenvalue weighted by Gasteiger charge is 2.24. The average Bonchev–Trinajstić information content (AvgIpc) is 2.84. The Kier molecular flexibility index (Phi) is 5.04. The number of benzene rings is 1. The molecule has 0 fully saturated rings. The maximum absolute atomic E-state index is 3.55. The van der Waals surface area contributed by atoms with E-state index in [1.165, 1.54) is 44.1 Å². The van der Waals surface area contributed by atoms with Crippen molar-refractivity contribution in [2.75, 3.05) is 13.1 Å². The van der Waals surface area contributed by atoms with Gasteiger partial charge in [-0.1, -0.05) is 45.4 Å². The zero-order valence-electron chi connectivity index (χ0n) is 12.9. The Morgan fingerprint density at radius 2 is 1.95 bits per heavy atom. The molecule has 19 heavy (non-hydrogen) atoms. The van der Waals surface area contributed by atoms with Crippen LogP contribution in [0.15, 0.2) is 18.2 Å². The van der Waals surface area contributed by atoms with Crippen molar-refractivity contribution in [3.63, 3.8) is 0 Å². The fourth-order valence-electron chi connectivity index (χ4n) is 3.50. The van der Waals surface area contributed by atoms with Gasteiger partial charge < -0.3 is 5.32 Å². The predicted octanol–water partition coefficient (Wildman–Crippen LogP) is 4.13. The largest absolute Gasteiger partial charge is 0.316 e. The van der Waals surface area contributed by atoms with E-state index in [1.54, 1.807) is 11.1 Å². The minimum Gasteiger partial charge on any atom is -0.316 e. The predicted molar refractivity (Wildman–Crippen MR) is 83.7 cm³/mol. The van der Waals surface area contributed by atoms with Crippen molar-refractivity contribution in [2.24, 2.45) is 5.41 Å². The van der Waals surface area contributed by atoms with E-state index < -0.39 is 0 Å². The highest BCUT2D eigenvalue weighted by Crippen LogP contribution is 2.30. The third-order valence-electron chi connectivity index (χ3n) is 4.45. The second-order valence-corrected chi connectivity index (χ2v) is 6.47. The van der Waals surface area contributed by atoms with Crippen molar-refractivity contribution in [1.82, 2.24) is 5.32 Å². The third kappa shape index (κ3) is 3.82. The first-order chi connectivity index (χ1) is 9.17. The van der Waals surface area contributed by atoms with E-state index in [9.17, 15) is 0 Å². The molecule has 0 heterocycles. The second kappa shape index (κ2) is 6.56. The summed E-state index contributed by atoms with van der Waals surface area (Å²) in [5.41, 5.74) is 5.14. The summed E-state index contributed by atoms with van der Waals surface area (Å²) in [5, 5.41) is 3.55. The zero-order valence-corrected chi connectivity index (χ0v) is 12.9. The highest BCUT2D eigenvalue weighted by atomic mass is 14.9. The molecule has 0 aliphatic heterocycles. The Morgan fingerprint density at radius 3 is 2.68 bits per heavy atom. The van der Waals surface area contributed by atoms with E-state index in [4.69, 9.17) is 0 Å². The van der Waals surface area contributed by atoms with Crippen LogP contribution in [0, 0.1) is 5.41 Å². The second-order valence-electron chi connectivity index (χ2n) is 6.47. The van der Waals surface area contributed by atoms with Gasteiger partial charge in [0.25, 0.3) is 0 Å². The average molecular weight is 259 g/mol. The van der Waals surface area contributed by atoms with E-state index in [1.807, 2.05) is 0 Å². The number of hydrogen-bond donors (Lipinski definition) is 1. The molecule has 106 valence electrons. The quantitative estimate of drug-likeness (QED) is 0.776. The molecule has 0 spiro atoms.